The second kappa shape index (κ2) is 3.88. The van der Waals surface area contributed by atoms with Gasteiger partial charge in [0, 0.05) is 17.7 Å². The van der Waals surface area contributed by atoms with E-state index >= 15 is 0 Å². The van der Waals surface area contributed by atoms with E-state index in [4.69, 9.17) is 5.73 Å². The monoisotopic (exact) mass is 179 g/mol. The Morgan fingerprint density at radius 3 is 2.31 bits per heavy atom. The maximum Gasteiger partial charge on any atom is 0.168 e. The standard InChI is InChI=1S/C11H19N2/c1-11(2,12)7-4-10-5-8-13(3)9-6-10/h5-6,8-9H,4,7,12H2,1-3H3/q+1. The molecule has 0 aliphatic rings. The van der Waals surface area contributed by atoms with Crippen LogP contribution in [-0.2, 0) is 13.5 Å². The van der Waals surface area contributed by atoms with Crippen LogP contribution in [0.3, 0.4) is 0 Å². The fraction of sp³-hybridized carbons (Fsp3) is 0.545. The van der Waals surface area contributed by atoms with Gasteiger partial charge >= 0.3 is 0 Å². The van der Waals surface area contributed by atoms with Crippen LogP contribution in [0.2, 0.25) is 0 Å². The van der Waals surface area contributed by atoms with Crippen molar-refractivity contribution in [3.63, 3.8) is 0 Å². The average molecular weight is 179 g/mol. The van der Waals surface area contributed by atoms with Crippen molar-refractivity contribution in [3.8, 4) is 0 Å². The quantitative estimate of drug-likeness (QED) is 0.694. The van der Waals surface area contributed by atoms with Gasteiger partial charge < -0.3 is 5.73 Å². The second-order valence-corrected chi connectivity index (χ2v) is 4.36. The highest BCUT2D eigenvalue weighted by atomic mass is 14.9. The van der Waals surface area contributed by atoms with Crippen molar-refractivity contribution in [2.24, 2.45) is 12.8 Å². The third-order valence-electron chi connectivity index (χ3n) is 2.11. The van der Waals surface area contributed by atoms with Crippen molar-refractivity contribution in [1.29, 1.82) is 0 Å². The van der Waals surface area contributed by atoms with Gasteiger partial charge in [-0.2, -0.15) is 0 Å². The smallest absolute Gasteiger partial charge is 0.168 e. The van der Waals surface area contributed by atoms with Crippen molar-refractivity contribution in [2.75, 3.05) is 0 Å². The Morgan fingerprint density at radius 1 is 1.31 bits per heavy atom. The minimum Gasteiger partial charge on any atom is -0.326 e. The van der Waals surface area contributed by atoms with E-state index in [-0.39, 0.29) is 5.54 Å². The van der Waals surface area contributed by atoms with E-state index in [1.165, 1.54) is 5.56 Å². The van der Waals surface area contributed by atoms with E-state index in [0.29, 0.717) is 0 Å². The highest BCUT2D eigenvalue weighted by Gasteiger charge is 2.10. The van der Waals surface area contributed by atoms with Crippen LogP contribution in [0, 0.1) is 0 Å². The zero-order chi connectivity index (χ0) is 9.90. The van der Waals surface area contributed by atoms with Crippen LogP contribution in [0.1, 0.15) is 25.8 Å². The molecule has 0 spiro atoms. The first-order valence-electron chi connectivity index (χ1n) is 4.70. The van der Waals surface area contributed by atoms with Crippen molar-refractivity contribution >= 4 is 0 Å². The van der Waals surface area contributed by atoms with E-state index in [9.17, 15) is 0 Å². The normalized spacial score (nSPS) is 11.7. The molecule has 0 aliphatic carbocycles. The fourth-order valence-corrected chi connectivity index (χ4v) is 1.17. The van der Waals surface area contributed by atoms with Gasteiger partial charge in [-0.15, -0.1) is 0 Å². The molecule has 1 rings (SSSR count). The van der Waals surface area contributed by atoms with Crippen molar-refractivity contribution in [1.82, 2.24) is 0 Å². The predicted molar refractivity (Wildman–Crippen MR) is 54.2 cm³/mol. The predicted octanol–water partition coefficient (Wildman–Crippen LogP) is 1.18. The summed E-state index contributed by atoms with van der Waals surface area (Å²) in [4.78, 5) is 0. The van der Waals surface area contributed by atoms with Crippen molar-refractivity contribution in [2.45, 2.75) is 32.2 Å². The largest absolute Gasteiger partial charge is 0.326 e. The summed E-state index contributed by atoms with van der Waals surface area (Å²) in [6.45, 7) is 4.13. The second-order valence-electron chi connectivity index (χ2n) is 4.36. The summed E-state index contributed by atoms with van der Waals surface area (Å²) in [7, 11) is 2.02. The van der Waals surface area contributed by atoms with Crippen LogP contribution < -0.4 is 10.3 Å². The summed E-state index contributed by atoms with van der Waals surface area (Å²) < 4.78 is 2.04. The summed E-state index contributed by atoms with van der Waals surface area (Å²) in [6, 6.07) is 4.29. The maximum absolute atomic E-state index is 5.91. The maximum atomic E-state index is 5.91. The molecule has 0 radical (unpaired) electrons. The minimum atomic E-state index is -0.0575. The molecular weight excluding hydrogens is 160 g/mol. The molecule has 0 saturated carbocycles. The van der Waals surface area contributed by atoms with E-state index in [1.807, 2.05) is 11.6 Å². The molecule has 0 unspecified atom stereocenters. The summed E-state index contributed by atoms with van der Waals surface area (Å²) >= 11 is 0. The Labute approximate surface area is 80.4 Å². The first-order chi connectivity index (χ1) is 5.97. The molecule has 13 heavy (non-hydrogen) atoms. The van der Waals surface area contributed by atoms with Gasteiger partial charge in [0.15, 0.2) is 12.4 Å². The number of aryl methyl sites for hydroxylation is 2. The molecule has 1 heterocycles. The molecule has 0 amide bonds. The Morgan fingerprint density at radius 2 is 1.85 bits per heavy atom. The van der Waals surface area contributed by atoms with Gasteiger partial charge in [-0.1, -0.05) is 0 Å². The molecule has 1 aromatic heterocycles. The molecule has 2 heteroatoms. The Hall–Kier alpha value is -0.890. The molecule has 0 saturated heterocycles. The van der Waals surface area contributed by atoms with Gasteiger partial charge in [0.1, 0.15) is 7.05 Å². The number of pyridine rings is 1. The SMILES string of the molecule is C[n+]1ccc(CCC(C)(C)N)cc1. The zero-order valence-electron chi connectivity index (χ0n) is 8.75. The van der Waals surface area contributed by atoms with Gasteiger partial charge in [-0.05, 0) is 32.3 Å². The van der Waals surface area contributed by atoms with Crippen molar-refractivity contribution < 1.29 is 4.57 Å². The summed E-state index contributed by atoms with van der Waals surface area (Å²) in [5, 5.41) is 0. The van der Waals surface area contributed by atoms with Crippen molar-refractivity contribution in [3.05, 3.63) is 30.1 Å². The molecule has 0 fully saturated rings. The summed E-state index contributed by atoms with van der Waals surface area (Å²) in [5.41, 5.74) is 7.21. The number of hydrogen-bond acceptors (Lipinski definition) is 1. The third kappa shape index (κ3) is 4.04. The summed E-state index contributed by atoms with van der Waals surface area (Å²) in [6.07, 6.45) is 6.22. The van der Waals surface area contributed by atoms with E-state index in [2.05, 4.69) is 38.4 Å². The third-order valence-corrected chi connectivity index (χ3v) is 2.11. The molecule has 1 aromatic rings. The van der Waals surface area contributed by atoms with E-state index in [0.717, 1.165) is 12.8 Å². The molecule has 2 nitrogen and oxygen atoms in total. The Balaban J connectivity index is 2.51. The molecule has 72 valence electrons. The molecule has 0 aliphatic heterocycles. The van der Waals surface area contributed by atoms with Gasteiger partial charge in [-0.25, -0.2) is 4.57 Å². The summed E-state index contributed by atoms with van der Waals surface area (Å²) in [5.74, 6) is 0. The lowest BCUT2D eigenvalue weighted by Gasteiger charge is -2.17. The molecule has 0 bridgehead atoms. The number of rotatable bonds is 3. The van der Waals surface area contributed by atoms with Gasteiger partial charge in [0.25, 0.3) is 0 Å². The minimum absolute atomic E-state index is 0.0575. The number of nitrogens with zero attached hydrogens (tertiary/aromatic N) is 1. The number of aromatic nitrogens is 1. The first kappa shape index (κ1) is 10.2. The van der Waals surface area contributed by atoms with Crippen LogP contribution in [0.15, 0.2) is 24.5 Å². The topological polar surface area (TPSA) is 29.9 Å². The molecule has 0 atom stereocenters. The highest BCUT2D eigenvalue weighted by molar-refractivity contribution is 5.07. The van der Waals surface area contributed by atoms with Crippen LogP contribution in [0.25, 0.3) is 0 Å². The Kier molecular flexibility index (Phi) is 3.04. The van der Waals surface area contributed by atoms with E-state index < -0.39 is 0 Å². The van der Waals surface area contributed by atoms with Crippen LogP contribution in [0.5, 0.6) is 0 Å². The van der Waals surface area contributed by atoms with Crippen LogP contribution >= 0.6 is 0 Å². The lowest BCUT2D eigenvalue weighted by atomic mass is 9.97. The molecular formula is C11H19N2+. The lowest BCUT2D eigenvalue weighted by molar-refractivity contribution is -0.671. The first-order valence-corrected chi connectivity index (χ1v) is 4.70. The van der Waals surface area contributed by atoms with Gasteiger partial charge in [-0.3, -0.25) is 0 Å². The number of nitrogens with two attached hydrogens (primary N) is 1. The lowest BCUT2D eigenvalue weighted by Crippen LogP contribution is -2.32. The highest BCUT2D eigenvalue weighted by Crippen LogP contribution is 2.09. The van der Waals surface area contributed by atoms with Gasteiger partial charge in [0.05, 0.1) is 0 Å². The Bertz CT molecular complexity index is 256. The molecule has 0 aromatic carbocycles. The van der Waals surface area contributed by atoms with Crippen LogP contribution in [0.4, 0.5) is 0 Å². The number of hydrogen-bond donors (Lipinski definition) is 1. The van der Waals surface area contributed by atoms with Gasteiger partial charge in [0.2, 0.25) is 0 Å². The average Bonchev–Trinajstić information content (AvgIpc) is 2.02. The van der Waals surface area contributed by atoms with E-state index in [1.54, 1.807) is 0 Å². The zero-order valence-corrected chi connectivity index (χ0v) is 8.75. The fourth-order valence-electron chi connectivity index (χ4n) is 1.17. The van der Waals surface area contributed by atoms with Crippen LogP contribution in [-0.4, -0.2) is 5.54 Å². The molecule has 2 N–H and O–H groups in total.